The lowest BCUT2D eigenvalue weighted by Crippen LogP contribution is -2.49. The lowest BCUT2D eigenvalue weighted by molar-refractivity contribution is 0.0624. The van der Waals surface area contributed by atoms with Gasteiger partial charge < -0.3 is 9.80 Å². The third-order valence-corrected chi connectivity index (χ3v) is 5.83. The van der Waals surface area contributed by atoms with Crippen molar-refractivity contribution in [1.82, 2.24) is 19.9 Å². The molecule has 1 saturated heterocycles. The number of rotatable bonds is 4. The van der Waals surface area contributed by atoms with Crippen LogP contribution in [0.1, 0.15) is 35.3 Å². The van der Waals surface area contributed by atoms with Crippen LogP contribution in [-0.4, -0.2) is 51.9 Å². The maximum absolute atomic E-state index is 13.5. The maximum atomic E-state index is 13.5. The minimum Gasteiger partial charge on any atom is -0.342 e. The molecule has 1 atom stereocenters. The van der Waals surface area contributed by atoms with E-state index in [1.165, 1.54) is 0 Å². The number of hydrogen-bond acceptors (Lipinski definition) is 5. The number of fused-ring (bicyclic) bond motifs is 1. The summed E-state index contributed by atoms with van der Waals surface area (Å²) in [5.74, 6) is 0.743. The number of halogens is 1. The number of benzene rings is 1. The number of carbonyl (C=O) groups excluding carboxylic acids is 1. The van der Waals surface area contributed by atoms with Crippen molar-refractivity contribution in [3.8, 4) is 0 Å². The minimum absolute atomic E-state index is 0.0797. The lowest BCUT2D eigenvalue weighted by atomic mass is 9.99. The Labute approximate surface area is 179 Å². The molecule has 0 spiro atoms. The zero-order chi connectivity index (χ0) is 20.4. The molecule has 4 rings (SSSR count). The first-order valence-electron chi connectivity index (χ1n) is 9.89. The molecule has 1 aliphatic rings. The van der Waals surface area contributed by atoms with Gasteiger partial charge in [-0.2, -0.15) is 0 Å². The van der Waals surface area contributed by atoms with Crippen LogP contribution in [0.2, 0.25) is 0 Å². The van der Waals surface area contributed by atoms with Crippen LogP contribution in [0.25, 0.3) is 10.9 Å². The number of nitrogens with zero attached hydrogens (tertiary/aromatic N) is 5. The minimum atomic E-state index is 0.0797. The van der Waals surface area contributed by atoms with Crippen molar-refractivity contribution in [2.45, 2.75) is 32.2 Å². The molecule has 0 unspecified atom stereocenters. The van der Waals surface area contributed by atoms with Crippen molar-refractivity contribution < 1.29 is 4.79 Å². The number of anilines is 1. The van der Waals surface area contributed by atoms with E-state index in [0.29, 0.717) is 12.5 Å². The third kappa shape index (κ3) is 4.24. The highest BCUT2D eigenvalue weighted by Crippen LogP contribution is 2.25. The van der Waals surface area contributed by atoms with Crippen LogP contribution >= 0.6 is 15.9 Å². The number of aryl methyl sites for hydroxylation is 1. The SMILES string of the molecule is Cc1ccc2c(C(=O)N3CCCC[C@H]3CN(C)c3ncc(Br)cn3)cccc2n1. The average Bonchev–Trinajstić information content (AvgIpc) is 2.73. The number of pyridine rings is 1. The molecule has 0 aliphatic carbocycles. The Bertz CT molecular complexity index is 1020. The Balaban J connectivity index is 1.59. The Hall–Kier alpha value is -2.54. The predicted octanol–water partition coefficient (Wildman–Crippen LogP) is 4.23. The zero-order valence-corrected chi connectivity index (χ0v) is 18.3. The Morgan fingerprint density at radius 1 is 1.21 bits per heavy atom. The molecule has 3 aromatic rings. The molecule has 1 aromatic carbocycles. The van der Waals surface area contributed by atoms with Gasteiger partial charge in [0.1, 0.15) is 0 Å². The largest absolute Gasteiger partial charge is 0.342 e. The Morgan fingerprint density at radius 3 is 2.79 bits per heavy atom. The highest BCUT2D eigenvalue weighted by Gasteiger charge is 2.29. The van der Waals surface area contributed by atoms with Crippen LogP contribution in [0.4, 0.5) is 5.95 Å². The molecule has 0 N–H and O–H groups in total. The van der Waals surface area contributed by atoms with Crippen molar-refractivity contribution in [2.24, 2.45) is 0 Å². The highest BCUT2D eigenvalue weighted by molar-refractivity contribution is 9.10. The first kappa shape index (κ1) is 19.8. The molecule has 0 bridgehead atoms. The van der Waals surface area contributed by atoms with Gasteiger partial charge in [0.15, 0.2) is 0 Å². The van der Waals surface area contributed by atoms with Crippen molar-refractivity contribution in [3.05, 3.63) is 58.5 Å². The number of amides is 1. The number of likely N-dealkylation sites (tertiary alicyclic amines) is 1. The molecule has 3 heterocycles. The van der Waals surface area contributed by atoms with Gasteiger partial charge in [-0.3, -0.25) is 9.78 Å². The molecule has 0 saturated carbocycles. The summed E-state index contributed by atoms with van der Waals surface area (Å²) in [6, 6.07) is 9.89. The number of likely N-dealkylation sites (N-methyl/N-ethyl adjacent to an activating group) is 1. The molecule has 1 amide bonds. The van der Waals surface area contributed by atoms with Crippen LogP contribution < -0.4 is 4.90 Å². The van der Waals surface area contributed by atoms with Gasteiger partial charge in [0, 0.05) is 55.2 Å². The smallest absolute Gasteiger partial charge is 0.254 e. The van der Waals surface area contributed by atoms with Crippen LogP contribution in [-0.2, 0) is 0 Å². The first-order valence-corrected chi connectivity index (χ1v) is 10.7. The van der Waals surface area contributed by atoms with E-state index in [0.717, 1.165) is 52.4 Å². The van der Waals surface area contributed by atoms with Crippen molar-refractivity contribution in [3.63, 3.8) is 0 Å². The summed E-state index contributed by atoms with van der Waals surface area (Å²) >= 11 is 3.37. The second kappa shape index (κ2) is 8.45. The van der Waals surface area contributed by atoms with E-state index in [4.69, 9.17) is 0 Å². The zero-order valence-electron chi connectivity index (χ0n) is 16.7. The normalized spacial score (nSPS) is 16.8. The molecule has 2 aromatic heterocycles. The van der Waals surface area contributed by atoms with Crippen LogP contribution in [0.5, 0.6) is 0 Å². The number of aromatic nitrogens is 3. The summed E-state index contributed by atoms with van der Waals surface area (Å²) in [7, 11) is 1.98. The highest BCUT2D eigenvalue weighted by atomic mass is 79.9. The van der Waals surface area contributed by atoms with Gasteiger partial charge in [-0.25, -0.2) is 9.97 Å². The fraction of sp³-hybridized carbons (Fsp3) is 0.364. The molecule has 29 heavy (non-hydrogen) atoms. The monoisotopic (exact) mass is 453 g/mol. The van der Waals surface area contributed by atoms with Gasteiger partial charge in [-0.1, -0.05) is 12.1 Å². The van der Waals surface area contributed by atoms with E-state index in [-0.39, 0.29) is 11.9 Å². The lowest BCUT2D eigenvalue weighted by Gasteiger charge is -2.38. The Kier molecular flexibility index (Phi) is 5.76. The fourth-order valence-corrected chi connectivity index (χ4v) is 4.16. The van der Waals surface area contributed by atoms with E-state index in [2.05, 4.69) is 30.9 Å². The quantitative estimate of drug-likeness (QED) is 0.591. The maximum Gasteiger partial charge on any atom is 0.254 e. The molecular formula is C22H24BrN5O. The molecule has 7 heteroatoms. The summed E-state index contributed by atoms with van der Waals surface area (Å²) in [5.41, 5.74) is 2.54. The topological polar surface area (TPSA) is 62.2 Å². The van der Waals surface area contributed by atoms with E-state index < -0.39 is 0 Å². The van der Waals surface area contributed by atoms with Crippen LogP contribution in [0, 0.1) is 6.92 Å². The summed E-state index contributed by atoms with van der Waals surface area (Å²) in [4.78, 5) is 30.9. The van der Waals surface area contributed by atoms with Crippen LogP contribution in [0.3, 0.4) is 0 Å². The molecule has 6 nitrogen and oxygen atoms in total. The van der Waals surface area contributed by atoms with E-state index >= 15 is 0 Å². The summed E-state index contributed by atoms with van der Waals surface area (Å²) < 4.78 is 0.851. The average molecular weight is 454 g/mol. The van der Waals surface area contributed by atoms with Crippen molar-refractivity contribution >= 4 is 38.7 Å². The van der Waals surface area contributed by atoms with Gasteiger partial charge in [0.25, 0.3) is 5.91 Å². The van der Waals surface area contributed by atoms with Gasteiger partial charge in [-0.05, 0) is 60.3 Å². The predicted molar refractivity (Wildman–Crippen MR) is 118 cm³/mol. The molecule has 1 aliphatic heterocycles. The van der Waals surface area contributed by atoms with Gasteiger partial charge >= 0.3 is 0 Å². The Morgan fingerprint density at radius 2 is 2.00 bits per heavy atom. The summed E-state index contributed by atoms with van der Waals surface area (Å²) in [6.07, 6.45) is 6.62. The van der Waals surface area contributed by atoms with Gasteiger partial charge in [-0.15, -0.1) is 0 Å². The van der Waals surface area contributed by atoms with E-state index in [1.807, 2.05) is 54.1 Å². The standard InChI is InChI=1S/C22H24BrN5O/c1-15-9-10-18-19(7-5-8-20(18)26-15)21(29)28-11-4-3-6-17(28)14-27(2)22-24-12-16(23)13-25-22/h5,7-10,12-13,17H,3-4,6,11,14H2,1-2H3/t17-/m0/s1. The van der Waals surface area contributed by atoms with Gasteiger partial charge in [0.05, 0.1) is 9.99 Å². The van der Waals surface area contributed by atoms with Crippen molar-refractivity contribution in [1.29, 1.82) is 0 Å². The molecule has 0 radical (unpaired) electrons. The summed E-state index contributed by atoms with van der Waals surface area (Å²) in [6.45, 7) is 3.44. The van der Waals surface area contributed by atoms with E-state index in [1.54, 1.807) is 12.4 Å². The number of carbonyl (C=O) groups is 1. The summed E-state index contributed by atoms with van der Waals surface area (Å²) in [5, 5.41) is 0.914. The molecule has 150 valence electrons. The molecular weight excluding hydrogens is 430 g/mol. The second-order valence-electron chi connectivity index (χ2n) is 7.55. The second-order valence-corrected chi connectivity index (χ2v) is 8.47. The number of hydrogen-bond donors (Lipinski definition) is 0. The third-order valence-electron chi connectivity index (χ3n) is 5.42. The van der Waals surface area contributed by atoms with E-state index in [9.17, 15) is 4.79 Å². The number of piperidine rings is 1. The van der Waals surface area contributed by atoms with Crippen molar-refractivity contribution in [2.75, 3.05) is 25.0 Å². The fourth-order valence-electron chi connectivity index (χ4n) is 3.96. The first-order chi connectivity index (χ1) is 14.0. The van der Waals surface area contributed by atoms with Gasteiger partial charge in [0.2, 0.25) is 5.95 Å². The van der Waals surface area contributed by atoms with Crippen LogP contribution in [0.15, 0.2) is 47.2 Å². The molecule has 1 fully saturated rings.